The molecule has 22 heavy (non-hydrogen) atoms. The van der Waals surface area contributed by atoms with E-state index in [1.165, 1.54) is 0 Å². The lowest BCUT2D eigenvalue weighted by atomic mass is 10.1. The van der Waals surface area contributed by atoms with E-state index in [0.717, 1.165) is 11.1 Å². The number of para-hydroxylation sites is 2. The van der Waals surface area contributed by atoms with Gasteiger partial charge in [-0.15, -0.1) is 0 Å². The van der Waals surface area contributed by atoms with E-state index in [2.05, 4.69) is 0 Å². The van der Waals surface area contributed by atoms with E-state index < -0.39 is 9.84 Å². The number of aryl methyl sites for hydroxylation is 1. The first-order chi connectivity index (χ1) is 10.5. The number of fused-ring (bicyclic) bond motifs is 1. The third kappa shape index (κ3) is 2.37. The van der Waals surface area contributed by atoms with Gasteiger partial charge in [0, 0.05) is 0 Å². The van der Waals surface area contributed by atoms with E-state index in [4.69, 9.17) is 9.47 Å². The average Bonchev–Trinajstić information content (AvgIpc) is 2.77. The molecule has 0 aliphatic carbocycles. The van der Waals surface area contributed by atoms with Crippen LogP contribution < -0.4 is 9.47 Å². The maximum atomic E-state index is 12.6. The topological polar surface area (TPSA) is 52.6 Å². The van der Waals surface area contributed by atoms with Gasteiger partial charge in [0.05, 0.1) is 16.9 Å². The highest BCUT2D eigenvalue weighted by Crippen LogP contribution is 2.36. The van der Waals surface area contributed by atoms with Gasteiger partial charge < -0.3 is 9.47 Å². The fourth-order valence-corrected chi connectivity index (χ4v) is 4.23. The van der Waals surface area contributed by atoms with E-state index >= 15 is 0 Å². The summed E-state index contributed by atoms with van der Waals surface area (Å²) in [5.74, 6) is 1.10. The molecule has 0 unspecified atom stereocenters. The van der Waals surface area contributed by atoms with Crippen molar-refractivity contribution >= 4 is 15.9 Å². The second-order valence-electron chi connectivity index (χ2n) is 5.05. The molecule has 114 valence electrons. The van der Waals surface area contributed by atoms with Gasteiger partial charge in [0.25, 0.3) is 0 Å². The van der Waals surface area contributed by atoms with Crippen molar-refractivity contribution in [1.82, 2.24) is 0 Å². The minimum atomic E-state index is -3.47. The lowest BCUT2D eigenvalue weighted by Crippen LogP contribution is -2.10. The number of rotatable bonds is 4. The van der Waals surface area contributed by atoms with Crippen molar-refractivity contribution < 1.29 is 17.9 Å². The number of sulfone groups is 1. The smallest absolute Gasteiger partial charge is 0.207 e. The number of hydrogen-bond donors (Lipinski definition) is 0. The number of benzene rings is 2. The number of hydrogen-bond acceptors (Lipinski definition) is 4. The summed E-state index contributed by atoms with van der Waals surface area (Å²) in [7, 11) is -1.92. The lowest BCUT2D eigenvalue weighted by molar-refractivity contribution is 0.324. The highest BCUT2D eigenvalue weighted by Gasteiger charge is 2.31. The number of ether oxygens (including phenoxy) is 2. The van der Waals surface area contributed by atoms with Crippen LogP contribution in [-0.4, -0.2) is 22.1 Å². The van der Waals surface area contributed by atoms with Crippen LogP contribution in [-0.2, 0) is 9.84 Å². The quantitative estimate of drug-likeness (QED) is 0.869. The molecule has 2 aromatic carbocycles. The molecule has 0 amide bonds. The minimum Gasteiger partial charge on any atom is -0.493 e. The zero-order valence-corrected chi connectivity index (χ0v) is 13.2. The molecule has 0 saturated heterocycles. The van der Waals surface area contributed by atoms with Gasteiger partial charge in [-0.1, -0.05) is 30.3 Å². The highest BCUT2D eigenvalue weighted by atomic mass is 32.2. The molecule has 0 saturated carbocycles. The SMILES string of the molecule is COc1ccccc1OCC1=Cc2cccc(C)c2S1(=O)=O. The Morgan fingerprint density at radius 3 is 2.41 bits per heavy atom. The molecule has 1 heterocycles. The monoisotopic (exact) mass is 316 g/mol. The van der Waals surface area contributed by atoms with Crippen LogP contribution in [0.3, 0.4) is 0 Å². The standard InChI is InChI=1S/C17H16O4S/c1-12-6-5-7-13-10-14(22(18,19)17(12)13)11-21-16-9-4-3-8-15(16)20-2/h3-10H,11H2,1-2H3. The van der Waals surface area contributed by atoms with Crippen LogP contribution in [0.5, 0.6) is 11.5 Å². The van der Waals surface area contributed by atoms with Crippen LogP contribution in [0, 0.1) is 6.92 Å². The molecular weight excluding hydrogens is 300 g/mol. The van der Waals surface area contributed by atoms with Crippen LogP contribution in [0.15, 0.2) is 52.3 Å². The largest absolute Gasteiger partial charge is 0.493 e. The molecule has 0 fully saturated rings. The van der Waals surface area contributed by atoms with Gasteiger partial charge in [0.2, 0.25) is 9.84 Å². The van der Waals surface area contributed by atoms with Crippen molar-refractivity contribution in [3.63, 3.8) is 0 Å². The minimum absolute atomic E-state index is 0.0170. The van der Waals surface area contributed by atoms with Crippen molar-refractivity contribution in [2.45, 2.75) is 11.8 Å². The van der Waals surface area contributed by atoms with Crippen LogP contribution in [0.1, 0.15) is 11.1 Å². The molecule has 1 aliphatic heterocycles. The maximum absolute atomic E-state index is 12.6. The van der Waals surface area contributed by atoms with Gasteiger partial charge >= 0.3 is 0 Å². The summed E-state index contributed by atoms with van der Waals surface area (Å²) in [6.07, 6.45) is 1.67. The summed E-state index contributed by atoms with van der Waals surface area (Å²) in [6, 6.07) is 12.6. The molecule has 0 atom stereocenters. The van der Waals surface area contributed by atoms with Crippen molar-refractivity contribution in [2.24, 2.45) is 0 Å². The third-order valence-corrected chi connectivity index (χ3v) is 5.63. The molecule has 4 nitrogen and oxygen atoms in total. The predicted octanol–water partition coefficient (Wildman–Crippen LogP) is 3.21. The van der Waals surface area contributed by atoms with Gasteiger partial charge in [-0.3, -0.25) is 0 Å². The second kappa shape index (κ2) is 5.50. The van der Waals surface area contributed by atoms with Crippen LogP contribution in [0.25, 0.3) is 6.08 Å². The first kappa shape index (κ1) is 14.7. The van der Waals surface area contributed by atoms with Gasteiger partial charge in [0.15, 0.2) is 11.5 Å². The van der Waals surface area contributed by atoms with Gasteiger partial charge in [-0.05, 0) is 36.3 Å². The fourth-order valence-electron chi connectivity index (χ4n) is 2.54. The van der Waals surface area contributed by atoms with E-state index in [9.17, 15) is 8.42 Å². The Morgan fingerprint density at radius 2 is 1.73 bits per heavy atom. The average molecular weight is 316 g/mol. The maximum Gasteiger partial charge on any atom is 0.207 e. The Labute approximate surface area is 129 Å². The van der Waals surface area contributed by atoms with Gasteiger partial charge in [-0.25, -0.2) is 8.42 Å². The number of methoxy groups -OCH3 is 1. The highest BCUT2D eigenvalue weighted by molar-refractivity contribution is 7.96. The van der Waals surface area contributed by atoms with Crippen LogP contribution in [0.2, 0.25) is 0 Å². The van der Waals surface area contributed by atoms with Gasteiger partial charge in [-0.2, -0.15) is 0 Å². The Kier molecular flexibility index (Phi) is 3.66. The summed E-state index contributed by atoms with van der Waals surface area (Å²) < 4.78 is 36.0. The summed E-state index contributed by atoms with van der Waals surface area (Å²) in [5, 5.41) is 0. The van der Waals surface area contributed by atoms with Crippen molar-refractivity contribution in [3.8, 4) is 11.5 Å². The predicted molar refractivity (Wildman–Crippen MR) is 84.8 cm³/mol. The second-order valence-corrected chi connectivity index (χ2v) is 6.99. The summed E-state index contributed by atoms with van der Waals surface area (Å²) in [4.78, 5) is 0.649. The zero-order chi connectivity index (χ0) is 15.7. The fraction of sp³-hybridized carbons (Fsp3) is 0.176. The first-order valence-corrected chi connectivity index (χ1v) is 8.33. The van der Waals surface area contributed by atoms with Gasteiger partial charge in [0.1, 0.15) is 6.61 Å². The molecular formula is C17H16O4S. The molecule has 5 heteroatoms. The molecule has 0 N–H and O–H groups in total. The molecule has 0 spiro atoms. The first-order valence-electron chi connectivity index (χ1n) is 6.85. The molecule has 3 rings (SSSR count). The van der Waals surface area contributed by atoms with Crippen LogP contribution >= 0.6 is 0 Å². The molecule has 0 aromatic heterocycles. The Bertz CT molecular complexity index is 851. The molecule has 0 radical (unpaired) electrons. The van der Waals surface area contributed by atoms with Crippen molar-refractivity contribution in [1.29, 1.82) is 0 Å². The molecule has 1 aliphatic rings. The molecule has 0 bridgehead atoms. The molecule has 2 aromatic rings. The Morgan fingerprint density at radius 1 is 1.00 bits per heavy atom. The Balaban J connectivity index is 1.88. The summed E-state index contributed by atoms with van der Waals surface area (Å²) in [5.41, 5.74) is 1.47. The van der Waals surface area contributed by atoms with E-state index in [1.807, 2.05) is 18.2 Å². The summed E-state index contributed by atoms with van der Waals surface area (Å²) >= 11 is 0. The van der Waals surface area contributed by atoms with E-state index in [-0.39, 0.29) is 11.5 Å². The Hall–Kier alpha value is -2.27. The normalized spacial score (nSPS) is 15.1. The third-order valence-electron chi connectivity index (χ3n) is 3.61. The van der Waals surface area contributed by atoms with Crippen molar-refractivity contribution in [3.05, 3.63) is 58.5 Å². The van der Waals surface area contributed by atoms with E-state index in [1.54, 1.807) is 44.4 Å². The van der Waals surface area contributed by atoms with Crippen LogP contribution in [0.4, 0.5) is 0 Å². The van der Waals surface area contributed by atoms with E-state index in [0.29, 0.717) is 16.4 Å². The zero-order valence-electron chi connectivity index (χ0n) is 12.4. The summed E-state index contributed by atoms with van der Waals surface area (Å²) in [6.45, 7) is 1.78. The van der Waals surface area contributed by atoms with Crippen molar-refractivity contribution in [2.75, 3.05) is 13.7 Å². The lowest BCUT2D eigenvalue weighted by Gasteiger charge is -2.11.